The van der Waals surface area contributed by atoms with Crippen molar-refractivity contribution >= 4 is 37.3 Å². The van der Waals surface area contributed by atoms with Gasteiger partial charge >= 0.3 is 0 Å². The molecule has 0 aliphatic carbocycles. The zero-order valence-corrected chi connectivity index (χ0v) is 13.7. The molecule has 1 aliphatic rings. The van der Waals surface area contributed by atoms with E-state index in [2.05, 4.69) is 26.1 Å². The summed E-state index contributed by atoms with van der Waals surface area (Å²) >= 11 is 4.78. The molecule has 1 aromatic heterocycles. The maximum absolute atomic E-state index is 12.4. The Bertz CT molecular complexity index is 716. The molecule has 8 heteroatoms. The van der Waals surface area contributed by atoms with E-state index in [-0.39, 0.29) is 5.75 Å². The first-order valence-corrected chi connectivity index (χ1v) is 9.33. The lowest BCUT2D eigenvalue weighted by Gasteiger charge is -2.28. The Morgan fingerprint density at radius 3 is 3.00 bits per heavy atom. The van der Waals surface area contributed by atoms with Crippen LogP contribution in [0.3, 0.4) is 0 Å². The van der Waals surface area contributed by atoms with Gasteiger partial charge in [-0.15, -0.1) is 21.5 Å². The average Bonchev–Trinajstić information content (AvgIpc) is 2.91. The topological polar surface area (TPSA) is 63.2 Å². The summed E-state index contributed by atoms with van der Waals surface area (Å²) in [5.74, 6) is -0.0684. The van der Waals surface area contributed by atoms with E-state index in [0.717, 1.165) is 16.5 Å². The average molecular weight is 374 g/mol. The van der Waals surface area contributed by atoms with Crippen LogP contribution in [0.4, 0.5) is 0 Å². The third kappa shape index (κ3) is 2.78. The molecule has 3 rings (SSSR count). The molecule has 0 bridgehead atoms. The first-order chi connectivity index (χ1) is 9.56. The van der Waals surface area contributed by atoms with E-state index in [9.17, 15) is 8.42 Å². The van der Waals surface area contributed by atoms with Gasteiger partial charge < -0.3 is 0 Å². The first-order valence-electron chi connectivity index (χ1n) is 6.05. The van der Waals surface area contributed by atoms with Crippen LogP contribution in [0.2, 0.25) is 0 Å². The van der Waals surface area contributed by atoms with Crippen molar-refractivity contribution in [2.75, 3.05) is 6.54 Å². The van der Waals surface area contributed by atoms with Gasteiger partial charge in [0.05, 0.1) is 0 Å². The maximum Gasteiger partial charge on any atom is 0.221 e. The van der Waals surface area contributed by atoms with Crippen LogP contribution in [0, 0.1) is 0 Å². The van der Waals surface area contributed by atoms with Crippen molar-refractivity contribution in [2.24, 2.45) is 0 Å². The van der Waals surface area contributed by atoms with Crippen LogP contribution in [0.15, 0.2) is 28.2 Å². The first kappa shape index (κ1) is 14.1. The molecule has 0 N–H and O–H groups in total. The summed E-state index contributed by atoms with van der Waals surface area (Å²) in [6.07, 6.45) is 0.728. The van der Waals surface area contributed by atoms with Crippen molar-refractivity contribution in [2.45, 2.75) is 18.7 Å². The summed E-state index contributed by atoms with van der Waals surface area (Å²) in [6, 6.07) is 5.90. The van der Waals surface area contributed by atoms with E-state index in [1.54, 1.807) is 5.51 Å². The Morgan fingerprint density at radius 2 is 2.25 bits per heavy atom. The number of benzene rings is 1. The minimum atomic E-state index is -3.34. The second-order valence-electron chi connectivity index (χ2n) is 4.55. The minimum Gasteiger partial charge on any atom is -0.212 e. The number of hydrogen-bond acceptors (Lipinski definition) is 5. The lowest BCUT2D eigenvalue weighted by molar-refractivity contribution is 0.390. The second kappa shape index (κ2) is 5.51. The molecule has 106 valence electrons. The third-order valence-electron chi connectivity index (χ3n) is 3.28. The fourth-order valence-electron chi connectivity index (χ4n) is 2.28. The Balaban J connectivity index is 1.83. The van der Waals surface area contributed by atoms with E-state index >= 15 is 0 Å². The van der Waals surface area contributed by atoms with Crippen molar-refractivity contribution in [1.29, 1.82) is 0 Å². The van der Waals surface area contributed by atoms with E-state index in [1.807, 2.05) is 18.2 Å². The molecule has 2 heterocycles. The zero-order valence-electron chi connectivity index (χ0n) is 10.5. The molecule has 0 fully saturated rings. The van der Waals surface area contributed by atoms with Crippen LogP contribution >= 0.6 is 27.3 Å². The van der Waals surface area contributed by atoms with Gasteiger partial charge in [-0.3, -0.25) is 0 Å². The molecular formula is C12H12BrN3O2S2. The van der Waals surface area contributed by atoms with Crippen molar-refractivity contribution in [3.05, 3.63) is 44.3 Å². The van der Waals surface area contributed by atoms with Crippen LogP contribution in [0.1, 0.15) is 16.1 Å². The van der Waals surface area contributed by atoms with Gasteiger partial charge in [0.2, 0.25) is 10.0 Å². The Hall–Kier alpha value is -0.830. The quantitative estimate of drug-likeness (QED) is 0.826. The maximum atomic E-state index is 12.4. The van der Waals surface area contributed by atoms with Gasteiger partial charge in [-0.25, -0.2) is 8.42 Å². The molecule has 20 heavy (non-hydrogen) atoms. The van der Waals surface area contributed by atoms with Gasteiger partial charge in [-0.2, -0.15) is 4.31 Å². The van der Waals surface area contributed by atoms with Crippen molar-refractivity contribution in [1.82, 2.24) is 14.5 Å². The van der Waals surface area contributed by atoms with E-state index in [0.29, 0.717) is 18.1 Å². The summed E-state index contributed by atoms with van der Waals surface area (Å²) in [5.41, 5.74) is 3.81. The monoisotopic (exact) mass is 373 g/mol. The lowest BCUT2D eigenvalue weighted by Crippen LogP contribution is -2.36. The Morgan fingerprint density at radius 1 is 1.40 bits per heavy atom. The van der Waals surface area contributed by atoms with Crippen LogP contribution < -0.4 is 0 Å². The molecule has 5 nitrogen and oxygen atoms in total. The highest BCUT2D eigenvalue weighted by Gasteiger charge is 2.28. The van der Waals surface area contributed by atoms with Gasteiger partial charge in [0, 0.05) is 17.6 Å². The van der Waals surface area contributed by atoms with Gasteiger partial charge in [0.15, 0.2) is 0 Å². The molecular weight excluding hydrogens is 362 g/mol. The minimum absolute atomic E-state index is 0.0684. The summed E-state index contributed by atoms with van der Waals surface area (Å²) in [7, 11) is -3.34. The summed E-state index contributed by atoms with van der Waals surface area (Å²) in [4.78, 5) is 0. The molecule has 0 saturated carbocycles. The van der Waals surface area contributed by atoms with Crippen LogP contribution in [-0.2, 0) is 28.7 Å². The van der Waals surface area contributed by atoms with E-state index in [1.165, 1.54) is 21.2 Å². The molecule has 0 spiro atoms. The molecule has 0 unspecified atom stereocenters. The summed E-state index contributed by atoms with van der Waals surface area (Å²) in [6.45, 7) is 0.937. The molecule has 0 atom stereocenters. The molecule has 1 aliphatic heterocycles. The fourth-order valence-corrected chi connectivity index (χ4v) is 5.17. The lowest BCUT2D eigenvalue weighted by atomic mass is 10.0. The van der Waals surface area contributed by atoms with Crippen LogP contribution in [-0.4, -0.2) is 29.5 Å². The zero-order chi connectivity index (χ0) is 14.2. The van der Waals surface area contributed by atoms with Gasteiger partial charge in [0.1, 0.15) is 16.3 Å². The fraction of sp³-hybridized carbons (Fsp3) is 0.333. The van der Waals surface area contributed by atoms with Gasteiger partial charge in [0.25, 0.3) is 0 Å². The standard InChI is InChI=1S/C12H12BrN3O2S2/c13-11-3-1-2-9-6-16(5-4-10(9)11)20(17,18)7-12-15-14-8-19-12/h1-3,8H,4-7H2. The van der Waals surface area contributed by atoms with E-state index in [4.69, 9.17) is 0 Å². The van der Waals surface area contributed by atoms with Crippen molar-refractivity contribution in [3.63, 3.8) is 0 Å². The normalized spacial score (nSPS) is 16.1. The molecule has 0 amide bonds. The molecule has 2 aromatic rings. The Labute approximate surface area is 129 Å². The predicted octanol–water partition coefficient (Wildman–Crippen LogP) is 2.19. The van der Waals surface area contributed by atoms with Crippen molar-refractivity contribution in [3.8, 4) is 0 Å². The molecule has 0 saturated heterocycles. The highest BCUT2D eigenvalue weighted by molar-refractivity contribution is 9.10. The summed E-state index contributed by atoms with van der Waals surface area (Å²) < 4.78 is 27.4. The smallest absolute Gasteiger partial charge is 0.212 e. The number of halogens is 1. The highest BCUT2D eigenvalue weighted by Crippen LogP contribution is 2.28. The van der Waals surface area contributed by atoms with Gasteiger partial charge in [-0.05, 0) is 23.6 Å². The largest absolute Gasteiger partial charge is 0.221 e. The second-order valence-corrected chi connectivity index (χ2v) is 8.29. The number of rotatable bonds is 3. The van der Waals surface area contributed by atoms with Crippen LogP contribution in [0.5, 0.6) is 0 Å². The number of sulfonamides is 1. The number of fused-ring (bicyclic) bond motifs is 1. The van der Waals surface area contributed by atoms with Gasteiger partial charge in [-0.1, -0.05) is 28.1 Å². The van der Waals surface area contributed by atoms with E-state index < -0.39 is 10.0 Å². The third-order valence-corrected chi connectivity index (χ3v) is 6.64. The van der Waals surface area contributed by atoms with Crippen molar-refractivity contribution < 1.29 is 8.42 Å². The van der Waals surface area contributed by atoms with Crippen LogP contribution in [0.25, 0.3) is 0 Å². The highest BCUT2D eigenvalue weighted by atomic mass is 79.9. The summed E-state index contributed by atoms with van der Waals surface area (Å²) in [5, 5.41) is 8.02. The SMILES string of the molecule is O=S(=O)(Cc1nncs1)N1CCc2c(Br)cccc2C1. The number of hydrogen-bond donors (Lipinski definition) is 0. The molecule has 0 radical (unpaired) electrons. The predicted molar refractivity (Wildman–Crippen MR) is 80.8 cm³/mol. The Kier molecular flexibility index (Phi) is 3.89. The molecule has 1 aromatic carbocycles. The number of nitrogens with zero attached hydrogens (tertiary/aromatic N) is 3. The number of aromatic nitrogens is 2.